The van der Waals surface area contributed by atoms with E-state index in [0.717, 1.165) is 10.9 Å². The van der Waals surface area contributed by atoms with Crippen molar-refractivity contribution in [1.29, 1.82) is 0 Å². The van der Waals surface area contributed by atoms with Crippen LogP contribution >= 0.6 is 11.6 Å². The highest BCUT2D eigenvalue weighted by atomic mass is 35.5. The van der Waals surface area contributed by atoms with E-state index in [0.29, 0.717) is 29.3 Å². The Kier molecular flexibility index (Phi) is 7.66. The number of hydrogen-bond donors (Lipinski definition) is 1. The second-order valence-corrected chi connectivity index (χ2v) is 10.4. The van der Waals surface area contributed by atoms with Gasteiger partial charge >= 0.3 is 6.09 Å². The molecule has 3 aromatic rings. The number of benzene rings is 1. The van der Waals surface area contributed by atoms with Crippen molar-refractivity contribution >= 4 is 28.6 Å². The molecular formula is C26H31ClFN3O3. The highest BCUT2D eigenvalue weighted by Crippen LogP contribution is 2.31. The Labute approximate surface area is 204 Å². The van der Waals surface area contributed by atoms with Gasteiger partial charge in [0.1, 0.15) is 18.0 Å². The largest absolute Gasteiger partial charge is 0.488 e. The minimum Gasteiger partial charge on any atom is -0.488 e. The summed E-state index contributed by atoms with van der Waals surface area (Å²) in [4.78, 5) is 21.1. The van der Waals surface area contributed by atoms with Crippen LogP contribution in [0.15, 0.2) is 42.6 Å². The number of rotatable bonds is 7. The van der Waals surface area contributed by atoms with Crippen LogP contribution in [0.5, 0.6) is 5.75 Å². The fourth-order valence-corrected chi connectivity index (χ4v) is 4.07. The zero-order valence-electron chi connectivity index (χ0n) is 20.4. The second-order valence-electron chi connectivity index (χ2n) is 10.1. The Hall–Kier alpha value is -2.93. The molecule has 0 aliphatic heterocycles. The lowest BCUT2D eigenvalue weighted by molar-refractivity contribution is 0.0408. The number of hydrogen-bond acceptors (Lipinski definition) is 5. The quantitative estimate of drug-likeness (QED) is 0.371. The number of ether oxygens (including phenoxy) is 2. The fourth-order valence-electron chi connectivity index (χ4n) is 3.86. The van der Waals surface area contributed by atoms with Crippen LogP contribution in [-0.2, 0) is 4.74 Å². The number of aromatic nitrogens is 2. The van der Waals surface area contributed by atoms with Gasteiger partial charge in [-0.2, -0.15) is 0 Å². The number of nitrogens with one attached hydrogen (secondary N) is 1. The van der Waals surface area contributed by atoms with Gasteiger partial charge in [0.05, 0.1) is 16.7 Å². The number of carbonyl (C=O) groups is 1. The van der Waals surface area contributed by atoms with Gasteiger partial charge in [-0.15, -0.1) is 0 Å². The fraction of sp³-hybridized carbons (Fsp3) is 0.423. The zero-order chi connectivity index (χ0) is 25.1. The first-order valence-electron chi connectivity index (χ1n) is 11.2. The number of alkyl carbamates (subject to hydrolysis) is 1. The molecule has 34 heavy (non-hydrogen) atoms. The van der Waals surface area contributed by atoms with Gasteiger partial charge in [-0.05, 0) is 70.4 Å². The van der Waals surface area contributed by atoms with Crippen molar-refractivity contribution in [3.05, 3.63) is 53.6 Å². The van der Waals surface area contributed by atoms with Gasteiger partial charge in [-0.1, -0.05) is 25.4 Å². The molecule has 0 fully saturated rings. The summed E-state index contributed by atoms with van der Waals surface area (Å²) in [6.45, 7) is 11.7. The SMILES string of the molecule is CC(C)CC(C)(COc1ccc(-c2ccnc3cc(F)ccc23)nc1Cl)NC(=O)OC(C)(C)C. The lowest BCUT2D eigenvalue weighted by Gasteiger charge is -2.33. The van der Waals surface area contributed by atoms with E-state index in [9.17, 15) is 9.18 Å². The summed E-state index contributed by atoms with van der Waals surface area (Å²) in [6, 6.07) is 9.78. The predicted molar refractivity (Wildman–Crippen MR) is 133 cm³/mol. The van der Waals surface area contributed by atoms with Crippen LogP contribution in [0.4, 0.5) is 9.18 Å². The predicted octanol–water partition coefficient (Wildman–Crippen LogP) is 6.80. The summed E-state index contributed by atoms with van der Waals surface area (Å²) in [5.74, 6) is 0.358. The number of nitrogens with zero attached hydrogens (tertiary/aromatic N) is 2. The van der Waals surface area contributed by atoms with Gasteiger partial charge in [0, 0.05) is 23.2 Å². The molecule has 1 atom stereocenters. The van der Waals surface area contributed by atoms with Gasteiger partial charge in [-0.3, -0.25) is 4.98 Å². The Morgan fingerprint density at radius 3 is 2.53 bits per heavy atom. The number of halogens is 2. The molecule has 2 heterocycles. The maximum Gasteiger partial charge on any atom is 0.408 e. The number of carbonyl (C=O) groups excluding carboxylic acids is 1. The summed E-state index contributed by atoms with van der Waals surface area (Å²) < 4.78 is 25.0. The third kappa shape index (κ3) is 6.79. The molecule has 0 spiro atoms. The molecule has 1 unspecified atom stereocenters. The molecule has 3 rings (SSSR count). The molecule has 0 aliphatic carbocycles. The third-order valence-electron chi connectivity index (χ3n) is 5.00. The maximum absolute atomic E-state index is 13.6. The average Bonchev–Trinajstić information content (AvgIpc) is 2.70. The van der Waals surface area contributed by atoms with Gasteiger partial charge in [-0.25, -0.2) is 14.2 Å². The van der Waals surface area contributed by atoms with Crippen LogP contribution < -0.4 is 10.1 Å². The van der Waals surface area contributed by atoms with Crippen molar-refractivity contribution < 1.29 is 18.7 Å². The van der Waals surface area contributed by atoms with Crippen LogP contribution in [0.25, 0.3) is 22.2 Å². The normalized spacial score (nSPS) is 13.6. The molecule has 0 radical (unpaired) electrons. The molecule has 1 N–H and O–H groups in total. The van der Waals surface area contributed by atoms with E-state index in [4.69, 9.17) is 21.1 Å². The summed E-state index contributed by atoms with van der Waals surface area (Å²) in [5, 5.41) is 3.90. The van der Waals surface area contributed by atoms with Crippen molar-refractivity contribution in [2.75, 3.05) is 6.61 Å². The molecule has 8 heteroatoms. The van der Waals surface area contributed by atoms with E-state index < -0.39 is 17.2 Å². The lowest BCUT2D eigenvalue weighted by atomic mass is 9.91. The van der Waals surface area contributed by atoms with E-state index >= 15 is 0 Å². The summed E-state index contributed by atoms with van der Waals surface area (Å²) in [5.41, 5.74) is 0.663. The molecule has 0 bridgehead atoms. The molecule has 2 aromatic heterocycles. The number of fused-ring (bicyclic) bond motifs is 1. The summed E-state index contributed by atoms with van der Waals surface area (Å²) in [7, 11) is 0. The van der Waals surface area contributed by atoms with E-state index in [2.05, 4.69) is 29.1 Å². The maximum atomic E-state index is 13.6. The van der Waals surface area contributed by atoms with Crippen molar-refractivity contribution in [2.24, 2.45) is 5.92 Å². The third-order valence-corrected chi connectivity index (χ3v) is 5.27. The Bertz CT molecular complexity index is 1180. The first-order valence-corrected chi connectivity index (χ1v) is 11.6. The van der Waals surface area contributed by atoms with E-state index in [1.54, 1.807) is 24.4 Å². The van der Waals surface area contributed by atoms with Crippen molar-refractivity contribution in [1.82, 2.24) is 15.3 Å². The Morgan fingerprint density at radius 2 is 1.88 bits per heavy atom. The van der Waals surface area contributed by atoms with Gasteiger partial charge in [0.15, 0.2) is 10.9 Å². The van der Waals surface area contributed by atoms with Gasteiger partial charge in [0.25, 0.3) is 0 Å². The molecule has 182 valence electrons. The van der Waals surface area contributed by atoms with Crippen molar-refractivity contribution in [3.8, 4) is 17.0 Å². The zero-order valence-corrected chi connectivity index (χ0v) is 21.2. The van der Waals surface area contributed by atoms with E-state index in [-0.39, 0.29) is 17.6 Å². The standard InChI is InChI=1S/C26H31ClFN3O3/c1-16(2)14-26(6,31-24(32)34-25(3,4)5)15-33-22-10-9-20(30-23(22)27)19-11-12-29-21-13-17(28)7-8-18(19)21/h7-13,16H,14-15H2,1-6H3,(H,31,32). The number of pyridine rings is 2. The van der Waals surface area contributed by atoms with Crippen LogP contribution in [-0.4, -0.2) is 33.8 Å². The highest BCUT2D eigenvalue weighted by molar-refractivity contribution is 6.31. The van der Waals surface area contributed by atoms with E-state index in [1.165, 1.54) is 12.1 Å². The van der Waals surface area contributed by atoms with Gasteiger partial charge < -0.3 is 14.8 Å². The summed E-state index contributed by atoms with van der Waals surface area (Å²) in [6.07, 6.45) is 1.78. The molecule has 0 aliphatic rings. The molecule has 0 saturated heterocycles. The molecular weight excluding hydrogens is 457 g/mol. The average molecular weight is 488 g/mol. The lowest BCUT2D eigenvalue weighted by Crippen LogP contribution is -2.52. The topological polar surface area (TPSA) is 73.3 Å². The molecule has 1 aromatic carbocycles. The molecule has 1 amide bonds. The molecule has 0 saturated carbocycles. The van der Waals surface area contributed by atoms with Crippen LogP contribution in [0.1, 0.15) is 48.0 Å². The van der Waals surface area contributed by atoms with Crippen LogP contribution in [0.2, 0.25) is 5.15 Å². The first-order chi connectivity index (χ1) is 15.8. The van der Waals surface area contributed by atoms with E-state index in [1.807, 2.05) is 33.8 Å². The van der Waals surface area contributed by atoms with Crippen LogP contribution in [0.3, 0.4) is 0 Å². The van der Waals surface area contributed by atoms with Crippen molar-refractivity contribution in [3.63, 3.8) is 0 Å². The Morgan fingerprint density at radius 1 is 1.15 bits per heavy atom. The first kappa shape index (κ1) is 25.7. The number of amides is 1. The smallest absolute Gasteiger partial charge is 0.408 e. The minimum absolute atomic E-state index is 0.183. The van der Waals surface area contributed by atoms with Crippen LogP contribution in [0, 0.1) is 11.7 Å². The highest BCUT2D eigenvalue weighted by Gasteiger charge is 2.31. The van der Waals surface area contributed by atoms with Gasteiger partial charge in [0.2, 0.25) is 0 Å². The Balaban J connectivity index is 1.80. The monoisotopic (exact) mass is 487 g/mol. The minimum atomic E-state index is -0.677. The van der Waals surface area contributed by atoms with Crippen molar-refractivity contribution in [2.45, 2.75) is 59.1 Å². The molecule has 6 nitrogen and oxygen atoms in total. The summed E-state index contributed by atoms with van der Waals surface area (Å²) >= 11 is 6.46. The second kappa shape index (κ2) is 10.1.